The number of hydrogen-bond acceptors (Lipinski definition) is 2. The minimum absolute atomic E-state index is 0.313. The van der Waals surface area contributed by atoms with Gasteiger partial charge in [-0.15, -0.1) is 0 Å². The van der Waals surface area contributed by atoms with E-state index in [1.54, 1.807) is 19.2 Å². The second-order valence-corrected chi connectivity index (χ2v) is 2.94. The number of anilines is 1. The number of hydrogen-bond donors (Lipinski definition) is 2. The van der Waals surface area contributed by atoms with Crippen molar-refractivity contribution >= 4 is 23.0 Å². The second-order valence-electron chi connectivity index (χ2n) is 2.55. The predicted octanol–water partition coefficient (Wildman–Crippen LogP) is 1.33. The highest BCUT2D eigenvalue weighted by Crippen LogP contribution is 2.08. The molecule has 0 radical (unpaired) electrons. The number of rotatable bonds is 1. The maximum atomic E-state index is 12.7. The van der Waals surface area contributed by atoms with Gasteiger partial charge in [0.1, 0.15) is 5.82 Å². The molecule has 0 aliphatic heterocycles. The summed E-state index contributed by atoms with van der Waals surface area (Å²) in [7, 11) is 1.61. The van der Waals surface area contributed by atoms with Gasteiger partial charge in [0.25, 0.3) is 0 Å². The molecule has 13 heavy (non-hydrogen) atoms. The Balaban J connectivity index is 2.69. The van der Waals surface area contributed by atoms with Crippen LogP contribution in [0.25, 0.3) is 0 Å². The van der Waals surface area contributed by atoms with E-state index in [0.717, 1.165) is 0 Å². The molecular weight excluding hydrogens is 189 g/mol. The Morgan fingerprint density at radius 2 is 2.31 bits per heavy atom. The number of halogens is 1. The minimum Gasteiger partial charge on any atom is -0.331 e. The fourth-order valence-corrected chi connectivity index (χ4v) is 0.896. The first kappa shape index (κ1) is 9.88. The van der Waals surface area contributed by atoms with Crippen LogP contribution in [0, 0.1) is 5.82 Å². The summed E-state index contributed by atoms with van der Waals surface area (Å²) in [6.45, 7) is 0. The molecule has 0 saturated carbocycles. The third-order valence-corrected chi connectivity index (χ3v) is 1.79. The maximum absolute atomic E-state index is 12.7. The fourth-order valence-electron chi connectivity index (χ4n) is 0.778. The van der Waals surface area contributed by atoms with E-state index in [4.69, 9.17) is 18.1 Å². The summed E-state index contributed by atoms with van der Waals surface area (Å²) in [6.07, 6.45) is 0. The topological polar surface area (TPSA) is 41.3 Å². The molecule has 5 heteroatoms. The first-order valence-corrected chi connectivity index (χ1v) is 4.05. The Hall–Kier alpha value is -1.20. The molecule has 0 unspecified atom stereocenters. The highest BCUT2D eigenvalue weighted by Gasteiger charge is 1.99. The van der Waals surface area contributed by atoms with Gasteiger partial charge in [-0.2, -0.15) is 0 Å². The standard InChI is InChI=1S/C8H10FN3S/c1-12(10)8(13)11-7-4-2-3-6(9)5-7/h2-5H,10H2,1H3,(H,11,13). The van der Waals surface area contributed by atoms with E-state index in [0.29, 0.717) is 10.8 Å². The predicted molar refractivity (Wildman–Crippen MR) is 54.6 cm³/mol. The van der Waals surface area contributed by atoms with E-state index in [2.05, 4.69) is 5.32 Å². The summed E-state index contributed by atoms with van der Waals surface area (Å²) in [5.41, 5.74) is 0.585. The van der Waals surface area contributed by atoms with Crippen molar-refractivity contribution in [2.24, 2.45) is 5.84 Å². The summed E-state index contributed by atoms with van der Waals surface area (Å²) in [6, 6.07) is 6.01. The molecule has 70 valence electrons. The third-order valence-electron chi connectivity index (χ3n) is 1.40. The van der Waals surface area contributed by atoms with E-state index in [1.165, 1.54) is 17.1 Å². The molecule has 0 atom stereocenters. The van der Waals surface area contributed by atoms with Crippen LogP contribution in [0.5, 0.6) is 0 Å². The molecule has 1 rings (SSSR count). The summed E-state index contributed by atoms with van der Waals surface area (Å²) in [4.78, 5) is 0. The quantitative estimate of drug-likeness (QED) is 0.407. The zero-order chi connectivity index (χ0) is 9.84. The van der Waals surface area contributed by atoms with E-state index in [1.807, 2.05) is 0 Å². The summed E-state index contributed by atoms with van der Waals surface area (Å²) in [5, 5.41) is 4.36. The van der Waals surface area contributed by atoms with Gasteiger partial charge in [0, 0.05) is 12.7 Å². The third kappa shape index (κ3) is 2.96. The molecule has 1 aromatic carbocycles. The summed E-state index contributed by atoms with van der Waals surface area (Å²) < 4.78 is 12.7. The number of nitrogens with one attached hydrogen (secondary N) is 1. The van der Waals surface area contributed by atoms with Crippen molar-refractivity contribution < 1.29 is 4.39 Å². The molecular formula is C8H10FN3S. The molecule has 0 aromatic heterocycles. The zero-order valence-corrected chi connectivity index (χ0v) is 7.94. The number of nitrogens with two attached hydrogens (primary N) is 1. The van der Waals surface area contributed by atoms with Gasteiger partial charge in [-0.05, 0) is 30.4 Å². The van der Waals surface area contributed by atoms with Crippen molar-refractivity contribution in [2.75, 3.05) is 12.4 Å². The molecule has 0 heterocycles. The number of nitrogens with zero attached hydrogens (tertiary/aromatic N) is 1. The molecule has 0 fully saturated rings. The molecule has 3 N–H and O–H groups in total. The average Bonchev–Trinajstić information content (AvgIpc) is 2.04. The lowest BCUT2D eigenvalue weighted by molar-refractivity contribution is 0.548. The van der Waals surface area contributed by atoms with Crippen LogP contribution in [-0.4, -0.2) is 17.2 Å². The molecule has 0 spiro atoms. The Kier molecular flexibility index (Phi) is 3.16. The lowest BCUT2D eigenvalue weighted by Crippen LogP contribution is -2.36. The van der Waals surface area contributed by atoms with Gasteiger partial charge in [-0.3, -0.25) is 5.01 Å². The highest BCUT2D eigenvalue weighted by atomic mass is 32.1. The summed E-state index contributed by atoms with van der Waals surface area (Å²) >= 11 is 4.87. The van der Waals surface area contributed by atoms with Crippen LogP contribution in [0.1, 0.15) is 0 Å². The fraction of sp³-hybridized carbons (Fsp3) is 0.125. The van der Waals surface area contributed by atoms with Crippen molar-refractivity contribution in [2.45, 2.75) is 0 Å². The average molecular weight is 199 g/mol. The monoisotopic (exact) mass is 199 g/mol. The lowest BCUT2D eigenvalue weighted by atomic mass is 10.3. The van der Waals surface area contributed by atoms with Crippen LogP contribution in [0.3, 0.4) is 0 Å². The number of benzene rings is 1. The molecule has 1 aromatic rings. The van der Waals surface area contributed by atoms with Crippen molar-refractivity contribution in [3.05, 3.63) is 30.1 Å². The van der Waals surface area contributed by atoms with Gasteiger partial charge < -0.3 is 5.32 Å². The smallest absolute Gasteiger partial charge is 0.187 e. The maximum Gasteiger partial charge on any atom is 0.187 e. The van der Waals surface area contributed by atoms with Crippen LogP contribution in [0.4, 0.5) is 10.1 Å². The largest absolute Gasteiger partial charge is 0.331 e. The molecule has 0 aliphatic rings. The first-order valence-electron chi connectivity index (χ1n) is 3.64. The van der Waals surface area contributed by atoms with Crippen LogP contribution >= 0.6 is 12.2 Å². The van der Waals surface area contributed by atoms with Gasteiger partial charge in [-0.25, -0.2) is 10.2 Å². The molecule has 0 amide bonds. The van der Waals surface area contributed by atoms with Crippen LogP contribution in [0.2, 0.25) is 0 Å². The number of hydrazine groups is 1. The second kappa shape index (κ2) is 4.15. The van der Waals surface area contributed by atoms with Gasteiger partial charge >= 0.3 is 0 Å². The van der Waals surface area contributed by atoms with Crippen LogP contribution < -0.4 is 11.2 Å². The van der Waals surface area contributed by atoms with Crippen LogP contribution in [-0.2, 0) is 0 Å². The summed E-state index contributed by atoms with van der Waals surface area (Å²) in [5.74, 6) is 5.05. The van der Waals surface area contributed by atoms with E-state index in [9.17, 15) is 4.39 Å². The first-order chi connectivity index (χ1) is 6.09. The normalized spacial score (nSPS) is 9.46. The molecule has 3 nitrogen and oxygen atoms in total. The number of thiocarbonyl (C=S) groups is 1. The van der Waals surface area contributed by atoms with Gasteiger partial charge in [0.05, 0.1) is 0 Å². The Morgan fingerprint density at radius 1 is 1.62 bits per heavy atom. The molecule has 0 aliphatic carbocycles. The van der Waals surface area contributed by atoms with Gasteiger partial charge in [-0.1, -0.05) is 6.07 Å². The molecule has 0 saturated heterocycles. The van der Waals surface area contributed by atoms with Crippen LogP contribution in [0.15, 0.2) is 24.3 Å². The van der Waals surface area contributed by atoms with Crippen molar-refractivity contribution in [1.82, 2.24) is 5.01 Å². The SMILES string of the molecule is CN(N)C(=S)Nc1cccc(F)c1. The lowest BCUT2D eigenvalue weighted by Gasteiger charge is -2.14. The van der Waals surface area contributed by atoms with Crippen molar-refractivity contribution in [1.29, 1.82) is 0 Å². The highest BCUT2D eigenvalue weighted by molar-refractivity contribution is 7.80. The molecule has 0 bridgehead atoms. The van der Waals surface area contributed by atoms with E-state index in [-0.39, 0.29) is 5.82 Å². The minimum atomic E-state index is -0.313. The zero-order valence-electron chi connectivity index (χ0n) is 7.12. The van der Waals surface area contributed by atoms with Crippen molar-refractivity contribution in [3.63, 3.8) is 0 Å². The Labute approximate surface area is 81.3 Å². The van der Waals surface area contributed by atoms with Gasteiger partial charge in [0.2, 0.25) is 0 Å². The van der Waals surface area contributed by atoms with Crippen molar-refractivity contribution in [3.8, 4) is 0 Å². The Morgan fingerprint density at radius 3 is 2.85 bits per heavy atom. The van der Waals surface area contributed by atoms with Gasteiger partial charge in [0.15, 0.2) is 5.11 Å². The Bertz CT molecular complexity index is 314. The van der Waals surface area contributed by atoms with E-state index < -0.39 is 0 Å². The van der Waals surface area contributed by atoms with E-state index >= 15 is 0 Å².